The Morgan fingerprint density at radius 1 is 1.33 bits per heavy atom. The van der Waals surface area contributed by atoms with E-state index in [0.717, 1.165) is 11.5 Å². The quantitative estimate of drug-likeness (QED) is 0.404. The number of hydroxylamine groups is 2. The fraction of sp³-hybridized carbons (Fsp3) is 0.480. The molecule has 1 fully saturated rings. The number of halogens is 1. The van der Waals surface area contributed by atoms with Crippen LogP contribution in [0.2, 0.25) is 5.02 Å². The van der Waals surface area contributed by atoms with Gasteiger partial charge in [0.15, 0.2) is 11.8 Å². The average molecular weight is 522 g/mol. The number of anilines is 1. The molecule has 2 heterocycles. The lowest BCUT2D eigenvalue weighted by Crippen LogP contribution is -2.63. The van der Waals surface area contributed by atoms with Crippen molar-refractivity contribution in [1.82, 2.24) is 5.06 Å². The first-order chi connectivity index (χ1) is 17.3. The van der Waals surface area contributed by atoms with Crippen LogP contribution >= 0.6 is 11.6 Å². The maximum absolute atomic E-state index is 13.4. The molecule has 3 rings (SSSR count). The summed E-state index contributed by atoms with van der Waals surface area (Å²) in [6, 6.07) is 3.19. The zero-order valence-electron chi connectivity index (χ0n) is 21.3. The molecule has 2 amide bonds. The fourth-order valence-corrected chi connectivity index (χ4v) is 4.56. The fourth-order valence-electron chi connectivity index (χ4n) is 4.30. The molecule has 0 unspecified atom stereocenters. The smallest absolute Gasteiger partial charge is 0.414 e. The first kappa shape index (κ1) is 27.5. The highest BCUT2D eigenvalue weighted by Gasteiger charge is 2.38. The molecule has 1 aromatic carbocycles. The van der Waals surface area contributed by atoms with Crippen molar-refractivity contribution in [2.24, 2.45) is 5.73 Å². The van der Waals surface area contributed by atoms with Gasteiger partial charge in [0.05, 0.1) is 30.4 Å². The molecule has 36 heavy (non-hydrogen) atoms. The van der Waals surface area contributed by atoms with Crippen LogP contribution in [0.25, 0.3) is 16.5 Å². The van der Waals surface area contributed by atoms with Crippen LogP contribution in [-0.2, 0) is 14.3 Å². The van der Waals surface area contributed by atoms with Gasteiger partial charge in [-0.3, -0.25) is 19.5 Å². The number of hydrogen-bond acceptors (Lipinski definition) is 7. The molecule has 1 aromatic heterocycles. The Bertz CT molecular complexity index is 1160. The molecule has 0 saturated carbocycles. The van der Waals surface area contributed by atoms with Gasteiger partial charge in [0.2, 0.25) is 5.76 Å². The van der Waals surface area contributed by atoms with Crippen molar-refractivity contribution in [2.75, 3.05) is 39.3 Å². The van der Waals surface area contributed by atoms with E-state index in [9.17, 15) is 9.59 Å². The molecule has 1 aliphatic heterocycles. The number of ether oxygens (including phenoxy) is 2. The monoisotopic (exact) mass is 521 g/mol. The van der Waals surface area contributed by atoms with Crippen LogP contribution in [0, 0.1) is 0 Å². The molecule has 0 spiro atoms. The van der Waals surface area contributed by atoms with Gasteiger partial charge < -0.3 is 19.6 Å². The molecular weight excluding hydrogens is 488 g/mol. The molecule has 3 N–H and O–H groups in total. The molecule has 1 aliphatic rings. The summed E-state index contributed by atoms with van der Waals surface area (Å²) in [4.78, 5) is 36.4. The Labute approximate surface area is 215 Å². The maximum atomic E-state index is 13.4. The number of amides is 2. The van der Waals surface area contributed by atoms with Gasteiger partial charge in [0, 0.05) is 31.3 Å². The molecule has 0 radical (unpaired) electrons. The van der Waals surface area contributed by atoms with Gasteiger partial charge >= 0.3 is 12.0 Å². The molecule has 0 aliphatic carbocycles. The number of hydrogen-bond donors (Lipinski definition) is 2. The van der Waals surface area contributed by atoms with E-state index >= 15 is 0 Å². The van der Waals surface area contributed by atoms with Crippen LogP contribution in [0.3, 0.4) is 0 Å². The summed E-state index contributed by atoms with van der Waals surface area (Å²) in [5.41, 5.74) is 7.72. The summed E-state index contributed by atoms with van der Waals surface area (Å²) in [5.74, 6) is -0.664. The number of nitrogens with one attached hydrogen (secondary N) is 1. The number of nitrogens with zero attached hydrogens (tertiary/aromatic N) is 2. The highest BCUT2D eigenvalue weighted by Crippen LogP contribution is 2.42. The lowest BCUT2D eigenvalue weighted by atomic mass is 9.98. The third-order valence-electron chi connectivity index (χ3n) is 6.15. The molecule has 2 aromatic rings. The van der Waals surface area contributed by atoms with E-state index in [1.54, 1.807) is 32.3 Å². The van der Waals surface area contributed by atoms with Gasteiger partial charge in [0.1, 0.15) is 12.7 Å². The third-order valence-corrected chi connectivity index (χ3v) is 6.43. The van der Waals surface area contributed by atoms with Crippen LogP contribution in [0.1, 0.15) is 49.2 Å². The summed E-state index contributed by atoms with van der Waals surface area (Å²) in [7, 11) is 4.58. The van der Waals surface area contributed by atoms with Crippen molar-refractivity contribution in [3.8, 4) is 0 Å². The number of rotatable bonds is 8. The van der Waals surface area contributed by atoms with Crippen molar-refractivity contribution in [1.29, 1.82) is 0 Å². The van der Waals surface area contributed by atoms with Crippen molar-refractivity contribution >= 4 is 52.0 Å². The van der Waals surface area contributed by atoms with Gasteiger partial charge in [-0.2, -0.15) is 0 Å². The lowest BCUT2D eigenvalue weighted by Gasteiger charge is -2.36. The second-order valence-electron chi connectivity index (χ2n) is 8.30. The highest BCUT2D eigenvalue weighted by molar-refractivity contribution is 6.36. The van der Waals surface area contributed by atoms with Crippen molar-refractivity contribution < 1.29 is 33.3 Å². The maximum Gasteiger partial charge on any atom is 0.414 e. The van der Waals surface area contributed by atoms with Crippen LogP contribution < -0.4 is 15.6 Å². The van der Waals surface area contributed by atoms with Gasteiger partial charge in [-0.1, -0.05) is 18.5 Å². The minimum Gasteiger partial charge on any atom is -0.449 e. The van der Waals surface area contributed by atoms with E-state index in [-0.39, 0.29) is 40.8 Å². The molecule has 1 saturated heterocycles. The average Bonchev–Trinajstić information content (AvgIpc) is 3.26. The van der Waals surface area contributed by atoms with Gasteiger partial charge in [0.25, 0.3) is 0 Å². The summed E-state index contributed by atoms with van der Waals surface area (Å²) >= 11 is 6.64. The zero-order valence-corrected chi connectivity index (χ0v) is 22.1. The van der Waals surface area contributed by atoms with E-state index in [1.807, 2.05) is 6.92 Å². The van der Waals surface area contributed by atoms with Crippen molar-refractivity contribution in [2.45, 2.75) is 45.3 Å². The summed E-state index contributed by atoms with van der Waals surface area (Å²) in [6.07, 6.45) is 4.46. The summed E-state index contributed by atoms with van der Waals surface area (Å²) < 4.78 is 17.3. The number of carbonyl (C=O) groups is 2. The number of furan rings is 1. The van der Waals surface area contributed by atoms with Gasteiger partial charge in [-0.15, -0.1) is 0 Å². The van der Waals surface area contributed by atoms with E-state index in [0.29, 0.717) is 36.0 Å². The predicted molar refractivity (Wildman–Crippen MR) is 138 cm³/mol. The Hall–Kier alpha value is -3.08. The number of carbonyl (C=O) groups excluding carboxylic acids is 2. The second kappa shape index (κ2) is 12.2. The number of fused-ring (bicyclic) bond motifs is 1. The van der Waals surface area contributed by atoms with E-state index < -0.39 is 12.0 Å². The molecule has 196 valence electrons. The van der Waals surface area contributed by atoms with E-state index in [4.69, 9.17) is 36.1 Å². The number of allylic oxidation sites excluding steroid dienone is 1. The van der Waals surface area contributed by atoms with Gasteiger partial charge in [-0.05, 0) is 43.9 Å². The number of benzene rings is 1. The molecular formula is C25H34ClN4O6+. The zero-order chi connectivity index (χ0) is 26.4. The standard InChI is InChI=1S/C25H33ClN4O6/c1-6-18-12-17(8-9-35-18)30(25(32)34-7-2)21-19-10-15(16(13-27)14-28-3)11-20(26)22(19)36-23(21)24(31)29(4)33-5/h10-11,13-14,17-18H,6-9,12,27H2,1-5H3/p+1/b16-13+,28-14?/t17-,18-/m0/s1. The minimum atomic E-state index is -0.589. The van der Waals surface area contributed by atoms with Crippen LogP contribution in [-0.4, -0.2) is 69.8 Å². The van der Waals surface area contributed by atoms with Crippen LogP contribution in [0.15, 0.2) is 22.7 Å². The van der Waals surface area contributed by atoms with E-state index in [1.165, 1.54) is 25.3 Å². The third kappa shape index (κ3) is 5.50. The first-order valence-corrected chi connectivity index (χ1v) is 12.3. The minimum absolute atomic E-state index is 0.0317. The lowest BCUT2D eigenvalue weighted by molar-refractivity contribution is -0.412. The SMILES string of the molecule is CCOC(=O)N(c1c(C(=O)N(C)OC)oc2c(Cl)cc(/C(C=[NH+]C)=C/N)cc12)[C@H]1CCO[C@@H](CC)C1. The molecule has 2 atom stereocenters. The molecule has 11 heteroatoms. The van der Waals surface area contributed by atoms with Gasteiger partial charge in [-0.25, -0.2) is 9.86 Å². The molecule has 10 nitrogen and oxygen atoms in total. The Morgan fingerprint density at radius 2 is 2.08 bits per heavy atom. The Morgan fingerprint density at radius 3 is 2.69 bits per heavy atom. The first-order valence-electron chi connectivity index (χ1n) is 11.9. The van der Waals surface area contributed by atoms with E-state index in [2.05, 4.69) is 4.99 Å². The summed E-state index contributed by atoms with van der Waals surface area (Å²) in [6.45, 7) is 4.39. The molecule has 0 bridgehead atoms. The van der Waals surface area contributed by atoms with Crippen molar-refractivity contribution in [3.05, 3.63) is 34.7 Å². The highest BCUT2D eigenvalue weighted by atomic mass is 35.5. The second-order valence-corrected chi connectivity index (χ2v) is 8.71. The largest absolute Gasteiger partial charge is 0.449 e. The Kier molecular flexibility index (Phi) is 9.36. The normalized spacial score (nSPS) is 18.6. The summed E-state index contributed by atoms with van der Waals surface area (Å²) in [5, 5.41) is 1.76. The Balaban J connectivity index is 2.34. The van der Waals surface area contributed by atoms with Crippen LogP contribution in [0.4, 0.5) is 10.5 Å². The topological polar surface area (TPSA) is 121 Å². The number of nitrogens with two attached hydrogens (primary N) is 1. The van der Waals surface area contributed by atoms with Crippen LogP contribution in [0.5, 0.6) is 0 Å². The van der Waals surface area contributed by atoms with Crippen molar-refractivity contribution in [3.63, 3.8) is 0 Å². The predicted octanol–water partition coefficient (Wildman–Crippen LogP) is 2.72.